The Balaban J connectivity index is 2.67. The minimum absolute atomic E-state index is 0.503. The first-order valence-corrected chi connectivity index (χ1v) is 5.13. The quantitative estimate of drug-likeness (QED) is 0.667. The summed E-state index contributed by atoms with van der Waals surface area (Å²) in [6.07, 6.45) is 1.21. The van der Waals surface area contributed by atoms with Crippen LogP contribution in [0.1, 0.15) is 27.2 Å². The number of amidine groups is 1. The normalized spacial score (nSPS) is 28.8. The second-order valence-corrected chi connectivity index (χ2v) is 4.31. The molecule has 1 heterocycles. The van der Waals surface area contributed by atoms with Crippen molar-refractivity contribution >= 4 is 5.84 Å². The average molecular weight is 183 g/mol. The fourth-order valence-corrected chi connectivity index (χ4v) is 1.76. The summed E-state index contributed by atoms with van der Waals surface area (Å²) in [7, 11) is 2.13. The minimum atomic E-state index is 0.503. The first-order valence-electron chi connectivity index (χ1n) is 5.13. The van der Waals surface area contributed by atoms with E-state index in [-0.39, 0.29) is 0 Å². The summed E-state index contributed by atoms with van der Waals surface area (Å²) in [5.74, 6) is 2.43. The van der Waals surface area contributed by atoms with Gasteiger partial charge in [0, 0.05) is 26.1 Å². The SMILES string of the molecule is CC1CCN/N=C(/C(C)C)N(C)C1. The van der Waals surface area contributed by atoms with Gasteiger partial charge in [-0.1, -0.05) is 20.8 Å². The third kappa shape index (κ3) is 2.90. The van der Waals surface area contributed by atoms with Crippen LogP contribution in [0.5, 0.6) is 0 Å². The molecule has 0 fully saturated rings. The van der Waals surface area contributed by atoms with Gasteiger partial charge in [0.05, 0.1) is 0 Å². The van der Waals surface area contributed by atoms with Crippen molar-refractivity contribution in [3.05, 3.63) is 0 Å². The molecule has 0 aliphatic carbocycles. The van der Waals surface area contributed by atoms with Gasteiger partial charge in [0.25, 0.3) is 0 Å². The zero-order chi connectivity index (χ0) is 9.84. The first kappa shape index (κ1) is 10.4. The molecule has 1 atom stereocenters. The first-order chi connectivity index (χ1) is 6.11. The third-order valence-corrected chi connectivity index (χ3v) is 2.44. The molecule has 0 bridgehead atoms. The molecule has 1 aliphatic rings. The van der Waals surface area contributed by atoms with Gasteiger partial charge in [0.1, 0.15) is 5.84 Å². The lowest BCUT2D eigenvalue weighted by Gasteiger charge is -2.29. The molecule has 3 heteroatoms. The summed E-state index contributed by atoms with van der Waals surface area (Å²) >= 11 is 0. The Morgan fingerprint density at radius 3 is 2.85 bits per heavy atom. The molecule has 0 aromatic rings. The van der Waals surface area contributed by atoms with Crippen LogP contribution in [0.2, 0.25) is 0 Å². The molecule has 0 saturated carbocycles. The van der Waals surface area contributed by atoms with Gasteiger partial charge in [-0.3, -0.25) is 0 Å². The smallest absolute Gasteiger partial charge is 0.127 e. The number of nitrogens with zero attached hydrogens (tertiary/aromatic N) is 2. The number of nitrogens with one attached hydrogen (secondary N) is 1. The molecule has 0 amide bonds. The highest BCUT2D eigenvalue weighted by Gasteiger charge is 2.15. The fraction of sp³-hybridized carbons (Fsp3) is 0.900. The van der Waals surface area contributed by atoms with Crippen LogP contribution in [0.25, 0.3) is 0 Å². The summed E-state index contributed by atoms with van der Waals surface area (Å²) in [5.41, 5.74) is 3.13. The van der Waals surface area contributed by atoms with E-state index in [1.807, 2.05) is 0 Å². The number of rotatable bonds is 1. The Bertz CT molecular complexity index is 187. The van der Waals surface area contributed by atoms with Crippen molar-refractivity contribution in [2.45, 2.75) is 27.2 Å². The highest BCUT2D eigenvalue weighted by Crippen LogP contribution is 2.09. The van der Waals surface area contributed by atoms with Gasteiger partial charge < -0.3 is 10.3 Å². The van der Waals surface area contributed by atoms with E-state index < -0.39 is 0 Å². The fourth-order valence-electron chi connectivity index (χ4n) is 1.76. The van der Waals surface area contributed by atoms with Gasteiger partial charge in [-0.15, -0.1) is 0 Å². The Labute approximate surface area is 81.2 Å². The predicted octanol–water partition coefficient (Wildman–Crippen LogP) is 1.52. The molecule has 1 aliphatic heterocycles. The van der Waals surface area contributed by atoms with Crippen molar-refractivity contribution < 1.29 is 0 Å². The van der Waals surface area contributed by atoms with E-state index >= 15 is 0 Å². The monoisotopic (exact) mass is 183 g/mol. The molecule has 0 radical (unpaired) electrons. The molecular weight excluding hydrogens is 162 g/mol. The summed E-state index contributed by atoms with van der Waals surface area (Å²) in [6.45, 7) is 8.79. The number of hydrazone groups is 1. The molecule has 1 unspecified atom stereocenters. The summed E-state index contributed by atoms with van der Waals surface area (Å²) in [5, 5.41) is 4.39. The van der Waals surface area contributed by atoms with Crippen molar-refractivity contribution in [3.63, 3.8) is 0 Å². The second kappa shape index (κ2) is 4.49. The van der Waals surface area contributed by atoms with Crippen LogP contribution in [0.3, 0.4) is 0 Å². The van der Waals surface area contributed by atoms with Crippen molar-refractivity contribution in [1.29, 1.82) is 0 Å². The highest BCUT2D eigenvalue weighted by atomic mass is 15.3. The van der Waals surface area contributed by atoms with Crippen LogP contribution in [0.15, 0.2) is 5.10 Å². The van der Waals surface area contributed by atoms with Gasteiger partial charge in [0.2, 0.25) is 0 Å². The molecule has 13 heavy (non-hydrogen) atoms. The van der Waals surface area contributed by atoms with Crippen LogP contribution in [-0.2, 0) is 0 Å². The lowest BCUT2D eigenvalue weighted by atomic mass is 10.1. The van der Waals surface area contributed by atoms with Crippen molar-refractivity contribution in [3.8, 4) is 0 Å². The largest absolute Gasteiger partial charge is 0.361 e. The molecule has 0 aromatic heterocycles. The summed E-state index contributed by atoms with van der Waals surface area (Å²) in [4.78, 5) is 2.27. The van der Waals surface area contributed by atoms with Crippen molar-refractivity contribution in [1.82, 2.24) is 10.3 Å². The Morgan fingerprint density at radius 2 is 2.23 bits per heavy atom. The number of hydrogen-bond acceptors (Lipinski definition) is 3. The molecule has 0 aromatic carbocycles. The Kier molecular flexibility index (Phi) is 3.58. The predicted molar refractivity (Wildman–Crippen MR) is 56.7 cm³/mol. The molecule has 1 rings (SSSR count). The standard InChI is InChI=1S/C10H21N3/c1-8(2)10-12-11-6-5-9(3)7-13(10)4/h8-9,11H,5-7H2,1-4H3/b12-10-. The Hall–Kier alpha value is -0.730. The van der Waals surface area contributed by atoms with E-state index in [2.05, 4.69) is 43.2 Å². The van der Waals surface area contributed by atoms with E-state index in [0.29, 0.717) is 5.92 Å². The third-order valence-electron chi connectivity index (χ3n) is 2.44. The van der Waals surface area contributed by atoms with Crippen LogP contribution in [0.4, 0.5) is 0 Å². The van der Waals surface area contributed by atoms with Crippen LogP contribution in [-0.4, -0.2) is 30.9 Å². The van der Waals surface area contributed by atoms with E-state index in [9.17, 15) is 0 Å². The maximum absolute atomic E-state index is 4.39. The average Bonchev–Trinajstić information content (AvgIpc) is 1.99. The van der Waals surface area contributed by atoms with E-state index in [0.717, 1.165) is 19.0 Å². The minimum Gasteiger partial charge on any atom is -0.361 e. The topological polar surface area (TPSA) is 27.6 Å². The lowest BCUT2D eigenvalue weighted by molar-refractivity contribution is 0.353. The molecule has 0 saturated heterocycles. The van der Waals surface area contributed by atoms with Crippen molar-refractivity contribution in [2.24, 2.45) is 16.9 Å². The maximum Gasteiger partial charge on any atom is 0.127 e. The lowest BCUT2D eigenvalue weighted by Crippen LogP contribution is -2.38. The van der Waals surface area contributed by atoms with Crippen LogP contribution in [0, 0.1) is 11.8 Å². The van der Waals surface area contributed by atoms with Gasteiger partial charge >= 0.3 is 0 Å². The van der Waals surface area contributed by atoms with Crippen LogP contribution < -0.4 is 5.43 Å². The van der Waals surface area contributed by atoms with Crippen molar-refractivity contribution in [2.75, 3.05) is 20.1 Å². The zero-order valence-corrected chi connectivity index (χ0v) is 9.17. The van der Waals surface area contributed by atoms with E-state index in [1.54, 1.807) is 0 Å². The molecule has 0 spiro atoms. The van der Waals surface area contributed by atoms with Crippen LogP contribution >= 0.6 is 0 Å². The molecular formula is C10H21N3. The molecule has 1 N–H and O–H groups in total. The Morgan fingerprint density at radius 1 is 1.54 bits per heavy atom. The van der Waals surface area contributed by atoms with E-state index in [1.165, 1.54) is 12.3 Å². The van der Waals surface area contributed by atoms with E-state index in [4.69, 9.17) is 0 Å². The van der Waals surface area contributed by atoms with Gasteiger partial charge in [-0.25, -0.2) is 0 Å². The maximum atomic E-state index is 4.39. The molecule has 76 valence electrons. The molecule has 3 nitrogen and oxygen atoms in total. The summed E-state index contributed by atoms with van der Waals surface area (Å²) < 4.78 is 0. The second-order valence-electron chi connectivity index (χ2n) is 4.31. The van der Waals surface area contributed by atoms with Gasteiger partial charge in [-0.2, -0.15) is 5.10 Å². The summed E-state index contributed by atoms with van der Waals surface area (Å²) in [6, 6.07) is 0. The zero-order valence-electron chi connectivity index (χ0n) is 9.17. The van der Waals surface area contributed by atoms with Gasteiger partial charge in [0.15, 0.2) is 0 Å². The van der Waals surface area contributed by atoms with Gasteiger partial charge in [-0.05, 0) is 12.3 Å². The number of hydrogen-bond donors (Lipinski definition) is 1. The highest BCUT2D eigenvalue weighted by molar-refractivity contribution is 5.83.